The van der Waals surface area contributed by atoms with Crippen LogP contribution in [0.2, 0.25) is 5.02 Å². The first-order valence-electron chi connectivity index (χ1n) is 6.37. The van der Waals surface area contributed by atoms with Gasteiger partial charge in [0.1, 0.15) is 0 Å². The van der Waals surface area contributed by atoms with Crippen molar-refractivity contribution in [1.29, 1.82) is 0 Å². The maximum Gasteiger partial charge on any atom is 0.337 e. The second-order valence-electron chi connectivity index (χ2n) is 4.74. The van der Waals surface area contributed by atoms with E-state index in [1.807, 2.05) is 0 Å². The van der Waals surface area contributed by atoms with Crippen LogP contribution >= 0.6 is 23.4 Å². The number of hydrogen-bond donors (Lipinski definition) is 1. The molecule has 0 heterocycles. The first-order valence-corrected chi connectivity index (χ1v) is 7.62. The van der Waals surface area contributed by atoms with Crippen molar-refractivity contribution in [1.82, 2.24) is 0 Å². The Kier molecular flexibility index (Phi) is 4.88. The number of non-ortho nitro benzene ring substituents is 1. The molecule has 2 rings (SSSR count). The number of carboxylic acid groups (broad SMARTS) is 1. The van der Waals surface area contributed by atoms with E-state index in [2.05, 4.69) is 0 Å². The molecule has 5 nitrogen and oxygen atoms in total. The van der Waals surface area contributed by atoms with Crippen molar-refractivity contribution in [3.05, 3.63) is 32.8 Å². The van der Waals surface area contributed by atoms with Gasteiger partial charge in [-0.3, -0.25) is 10.1 Å². The van der Waals surface area contributed by atoms with E-state index >= 15 is 0 Å². The van der Waals surface area contributed by atoms with Crippen molar-refractivity contribution >= 4 is 35.0 Å². The van der Waals surface area contributed by atoms with Crippen molar-refractivity contribution < 1.29 is 14.8 Å². The summed E-state index contributed by atoms with van der Waals surface area (Å²) in [5.74, 6) is -1.19. The number of rotatable bonds is 4. The summed E-state index contributed by atoms with van der Waals surface area (Å²) in [7, 11) is 0. The van der Waals surface area contributed by atoms with E-state index in [9.17, 15) is 20.0 Å². The summed E-state index contributed by atoms with van der Waals surface area (Å²) in [6.07, 6.45) is 5.51. The van der Waals surface area contributed by atoms with Crippen LogP contribution in [0.5, 0.6) is 0 Å². The molecule has 1 aliphatic carbocycles. The van der Waals surface area contributed by atoms with Crippen LogP contribution in [0.3, 0.4) is 0 Å². The summed E-state index contributed by atoms with van der Waals surface area (Å²) in [6.45, 7) is 0. The first kappa shape index (κ1) is 15.1. The highest BCUT2D eigenvalue weighted by Gasteiger charge is 2.24. The zero-order valence-electron chi connectivity index (χ0n) is 10.7. The van der Waals surface area contributed by atoms with Gasteiger partial charge in [-0.2, -0.15) is 0 Å². The average molecular weight is 316 g/mol. The second kappa shape index (κ2) is 6.45. The smallest absolute Gasteiger partial charge is 0.337 e. The van der Waals surface area contributed by atoms with Crippen molar-refractivity contribution in [2.24, 2.45) is 0 Å². The average Bonchev–Trinajstić information content (AvgIpc) is 2.41. The lowest BCUT2D eigenvalue weighted by atomic mass is 10.0. The van der Waals surface area contributed by atoms with E-state index in [0.717, 1.165) is 31.7 Å². The standard InChI is InChI=1S/C13H14ClNO4S/c14-11-7-8(15(18)19)6-10(13(16)17)12(11)20-9-4-2-1-3-5-9/h6-7,9H,1-5H2,(H,16,17). The summed E-state index contributed by atoms with van der Waals surface area (Å²) in [5, 5.41) is 20.5. The van der Waals surface area contributed by atoms with Gasteiger partial charge in [-0.1, -0.05) is 30.9 Å². The molecule has 7 heteroatoms. The monoisotopic (exact) mass is 315 g/mol. The van der Waals surface area contributed by atoms with Gasteiger partial charge in [0, 0.05) is 22.3 Å². The minimum atomic E-state index is -1.19. The van der Waals surface area contributed by atoms with Gasteiger partial charge in [0.05, 0.1) is 15.5 Å². The number of nitro groups is 1. The van der Waals surface area contributed by atoms with E-state index in [-0.39, 0.29) is 16.3 Å². The Hall–Kier alpha value is -1.27. The molecular formula is C13H14ClNO4S. The number of carboxylic acids is 1. The van der Waals surface area contributed by atoms with Gasteiger partial charge in [-0.25, -0.2) is 4.79 Å². The Morgan fingerprint density at radius 1 is 1.35 bits per heavy atom. The molecule has 1 fully saturated rings. The number of nitro benzene ring substituents is 1. The molecule has 0 atom stereocenters. The minimum absolute atomic E-state index is 0.0835. The molecule has 20 heavy (non-hydrogen) atoms. The summed E-state index contributed by atoms with van der Waals surface area (Å²) in [5.41, 5.74) is -0.375. The number of halogens is 1. The lowest BCUT2D eigenvalue weighted by Crippen LogP contribution is -2.10. The Labute approximate surface area is 125 Å². The second-order valence-corrected chi connectivity index (χ2v) is 6.46. The Bertz CT molecular complexity index is 543. The van der Waals surface area contributed by atoms with Crippen LogP contribution in [-0.4, -0.2) is 21.2 Å². The van der Waals surface area contributed by atoms with Crippen LogP contribution in [0, 0.1) is 10.1 Å². The fourth-order valence-corrected chi connectivity index (χ4v) is 4.01. The quantitative estimate of drug-likeness (QED) is 0.659. The normalized spacial score (nSPS) is 16.1. The number of thioether (sulfide) groups is 1. The van der Waals surface area contributed by atoms with Gasteiger partial charge in [-0.05, 0) is 12.8 Å². The molecule has 1 aliphatic rings. The maximum absolute atomic E-state index is 11.3. The summed E-state index contributed by atoms with van der Waals surface area (Å²) in [4.78, 5) is 21.9. The molecule has 1 N–H and O–H groups in total. The SMILES string of the molecule is O=C(O)c1cc([N+](=O)[O-])cc(Cl)c1SC1CCCCC1. The lowest BCUT2D eigenvalue weighted by molar-refractivity contribution is -0.384. The van der Waals surface area contributed by atoms with Crippen LogP contribution in [0.15, 0.2) is 17.0 Å². The Morgan fingerprint density at radius 2 is 2.00 bits per heavy atom. The molecule has 0 aromatic heterocycles. The lowest BCUT2D eigenvalue weighted by Gasteiger charge is -2.22. The Balaban J connectivity index is 2.35. The predicted molar refractivity (Wildman–Crippen MR) is 77.8 cm³/mol. The summed E-state index contributed by atoms with van der Waals surface area (Å²) >= 11 is 7.48. The van der Waals surface area contributed by atoms with E-state index < -0.39 is 10.9 Å². The fraction of sp³-hybridized carbons (Fsp3) is 0.462. The highest BCUT2D eigenvalue weighted by molar-refractivity contribution is 8.00. The topological polar surface area (TPSA) is 80.4 Å². The maximum atomic E-state index is 11.3. The molecule has 1 aromatic carbocycles. The predicted octanol–water partition coefficient (Wildman–Crippen LogP) is 4.37. The van der Waals surface area contributed by atoms with Crippen LogP contribution < -0.4 is 0 Å². The highest BCUT2D eigenvalue weighted by atomic mass is 35.5. The molecule has 0 unspecified atom stereocenters. The van der Waals surface area contributed by atoms with Gasteiger partial charge >= 0.3 is 5.97 Å². The molecule has 0 aliphatic heterocycles. The zero-order valence-corrected chi connectivity index (χ0v) is 12.2. The molecular weight excluding hydrogens is 302 g/mol. The van der Waals surface area contributed by atoms with E-state index in [1.54, 1.807) is 0 Å². The molecule has 1 aromatic rings. The number of benzene rings is 1. The first-order chi connectivity index (χ1) is 9.49. The molecule has 0 saturated heterocycles. The number of carbonyl (C=O) groups is 1. The minimum Gasteiger partial charge on any atom is -0.478 e. The molecule has 0 radical (unpaired) electrons. The van der Waals surface area contributed by atoms with Gasteiger partial charge < -0.3 is 5.11 Å². The fourth-order valence-electron chi connectivity index (χ4n) is 2.31. The Morgan fingerprint density at radius 3 is 2.55 bits per heavy atom. The molecule has 0 bridgehead atoms. The van der Waals surface area contributed by atoms with Crippen molar-refractivity contribution in [2.75, 3.05) is 0 Å². The third-order valence-electron chi connectivity index (χ3n) is 3.31. The molecule has 1 saturated carbocycles. The highest BCUT2D eigenvalue weighted by Crippen LogP contribution is 2.40. The number of hydrogen-bond acceptors (Lipinski definition) is 4. The largest absolute Gasteiger partial charge is 0.478 e. The van der Waals surface area contributed by atoms with Gasteiger partial charge in [-0.15, -0.1) is 11.8 Å². The summed E-state index contributed by atoms with van der Waals surface area (Å²) < 4.78 is 0. The molecule has 108 valence electrons. The van der Waals surface area contributed by atoms with Crippen LogP contribution in [0.25, 0.3) is 0 Å². The van der Waals surface area contributed by atoms with E-state index in [4.69, 9.17) is 11.6 Å². The van der Waals surface area contributed by atoms with Gasteiger partial charge in [0.25, 0.3) is 5.69 Å². The van der Waals surface area contributed by atoms with Crippen molar-refractivity contribution in [2.45, 2.75) is 42.2 Å². The third-order valence-corrected chi connectivity index (χ3v) is 5.20. The van der Waals surface area contributed by atoms with Crippen LogP contribution in [0.1, 0.15) is 42.5 Å². The molecule has 0 amide bonds. The van der Waals surface area contributed by atoms with Gasteiger partial charge in [0.2, 0.25) is 0 Å². The van der Waals surface area contributed by atoms with Crippen LogP contribution in [-0.2, 0) is 0 Å². The van der Waals surface area contributed by atoms with Crippen LogP contribution in [0.4, 0.5) is 5.69 Å². The molecule has 0 spiro atoms. The van der Waals surface area contributed by atoms with Crippen molar-refractivity contribution in [3.8, 4) is 0 Å². The summed E-state index contributed by atoms with van der Waals surface area (Å²) in [6, 6.07) is 2.30. The van der Waals surface area contributed by atoms with Crippen molar-refractivity contribution in [3.63, 3.8) is 0 Å². The third kappa shape index (κ3) is 3.43. The number of nitrogens with zero attached hydrogens (tertiary/aromatic N) is 1. The van der Waals surface area contributed by atoms with E-state index in [0.29, 0.717) is 10.1 Å². The van der Waals surface area contributed by atoms with E-state index in [1.165, 1.54) is 24.2 Å². The van der Waals surface area contributed by atoms with Gasteiger partial charge in [0.15, 0.2) is 0 Å². The number of aromatic carboxylic acids is 1. The zero-order chi connectivity index (χ0) is 14.7.